The molecule has 5 rings (SSSR count). The summed E-state index contributed by atoms with van der Waals surface area (Å²) in [5.74, 6) is 0.118. The van der Waals surface area contributed by atoms with Crippen LogP contribution in [0.4, 0.5) is 0 Å². The van der Waals surface area contributed by atoms with E-state index in [9.17, 15) is 9.59 Å². The number of rotatable bonds is 3. The molecule has 0 unspecified atom stereocenters. The molecule has 1 N–H and O–H groups in total. The van der Waals surface area contributed by atoms with Crippen LogP contribution in [0.1, 0.15) is 16.1 Å². The fourth-order valence-electron chi connectivity index (χ4n) is 3.01. The quantitative estimate of drug-likeness (QED) is 0.435. The van der Waals surface area contributed by atoms with Crippen molar-refractivity contribution in [2.24, 2.45) is 0 Å². The maximum atomic E-state index is 12.8. The SMILES string of the molecule is O=C(O)c1ccc(-c2ccc(C=c3sc4nc5cc(Br)cnc5n4c3=O)o2)cc1. The summed E-state index contributed by atoms with van der Waals surface area (Å²) in [6.07, 6.45) is 3.30. The molecule has 0 aliphatic carbocycles. The second kappa shape index (κ2) is 6.64. The number of hydrogen-bond donors (Lipinski definition) is 1. The Balaban J connectivity index is 1.56. The van der Waals surface area contributed by atoms with Crippen LogP contribution in [0.15, 0.2) is 62.3 Å². The number of carboxylic acid groups (broad SMARTS) is 1. The summed E-state index contributed by atoms with van der Waals surface area (Å²) < 4.78 is 8.60. The van der Waals surface area contributed by atoms with E-state index in [0.717, 1.165) is 10.0 Å². The lowest BCUT2D eigenvalue weighted by atomic mass is 10.1. The molecule has 0 bridgehead atoms. The van der Waals surface area contributed by atoms with Crippen molar-refractivity contribution in [3.63, 3.8) is 0 Å². The molecule has 7 nitrogen and oxygen atoms in total. The third-order valence-electron chi connectivity index (χ3n) is 4.36. The number of aromatic nitrogens is 3. The highest BCUT2D eigenvalue weighted by Gasteiger charge is 2.13. The van der Waals surface area contributed by atoms with Crippen molar-refractivity contribution in [2.75, 3.05) is 0 Å². The van der Waals surface area contributed by atoms with Crippen molar-refractivity contribution in [1.29, 1.82) is 0 Å². The number of hydrogen-bond acceptors (Lipinski definition) is 6. The smallest absolute Gasteiger partial charge is 0.335 e. The van der Waals surface area contributed by atoms with E-state index in [1.165, 1.54) is 27.9 Å². The molecule has 0 radical (unpaired) electrons. The molecule has 0 atom stereocenters. The highest BCUT2D eigenvalue weighted by Crippen LogP contribution is 2.23. The summed E-state index contributed by atoms with van der Waals surface area (Å²) in [6, 6.07) is 11.8. The molecule has 0 saturated heterocycles. The van der Waals surface area contributed by atoms with Gasteiger partial charge in [-0.25, -0.2) is 19.2 Å². The number of carbonyl (C=O) groups is 1. The predicted molar refractivity (Wildman–Crippen MR) is 112 cm³/mol. The van der Waals surface area contributed by atoms with Crippen LogP contribution in [0.5, 0.6) is 0 Å². The average molecular weight is 468 g/mol. The van der Waals surface area contributed by atoms with Crippen LogP contribution in [0.2, 0.25) is 0 Å². The number of aromatic carboxylic acids is 1. The lowest BCUT2D eigenvalue weighted by Gasteiger charge is -1.98. The van der Waals surface area contributed by atoms with Gasteiger partial charge >= 0.3 is 5.97 Å². The van der Waals surface area contributed by atoms with E-state index in [2.05, 4.69) is 25.9 Å². The van der Waals surface area contributed by atoms with Gasteiger partial charge in [-0.15, -0.1) is 0 Å². The fourth-order valence-corrected chi connectivity index (χ4v) is 4.28. The minimum atomic E-state index is -0.981. The summed E-state index contributed by atoms with van der Waals surface area (Å²) >= 11 is 4.62. The number of fused-ring (bicyclic) bond motifs is 3. The largest absolute Gasteiger partial charge is 0.478 e. The molecule has 9 heteroatoms. The van der Waals surface area contributed by atoms with Crippen LogP contribution in [0, 0.1) is 0 Å². The molecule has 0 saturated carbocycles. The first-order valence-corrected chi connectivity index (χ1v) is 10.0. The number of furan rings is 1. The van der Waals surface area contributed by atoms with Crippen LogP contribution in [0.25, 0.3) is 33.5 Å². The van der Waals surface area contributed by atoms with Crippen molar-refractivity contribution in [3.8, 4) is 11.3 Å². The Bertz CT molecular complexity index is 1520. The zero-order valence-corrected chi connectivity index (χ0v) is 16.9. The Kier molecular flexibility index (Phi) is 4.07. The van der Waals surface area contributed by atoms with E-state index in [0.29, 0.717) is 32.2 Å². The Morgan fingerprint density at radius 2 is 2.00 bits per heavy atom. The van der Waals surface area contributed by atoms with E-state index in [1.54, 1.807) is 36.5 Å². The summed E-state index contributed by atoms with van der Waals surface area (Å²) in [5.41, 5.74) is 1.92. The normalized spacial score (nSPS) is 12.2. The second-order valence-corrected chi connectivity index (χ2v) is 8.15. The monoisotopic (exact) mass is 467 g/mol. The topological polar surface area (TPSA) is 97.7 Å². The summed E-state index contributed by atoms with van der Waals surface area (Å²) in [5, 5.41) is 8.99. The van der Waals surface area contributed by atoms with Gasteiger partial charge in [-0.3, -0.25) is 4.79 Å². The first-order chi connectivity index (χ1) is 14.0. The average Bonchev–Trinajstić information content (AvgIpc) is 3.38. The standard InChI is InChI=1S/C20H10BrN3O4S/c21-12-7-14-17(22-9-12)24-18(25)16(29-20(24)23-14)8-13-5-6-15(28-13)10-1-3-11(4-2-10)19(26)27/h1-9H,(H,26,27). The molecule has 0 spiro atoms. The number of nitrogens with zero attached hydrogens (tertiary/aromatic N) is 3. The molecule has 29 heavy (non-hydrogen) atoms. The van der Waals surface area contributed by atoms with Crippen molar-refractivity contribution >= 4 is 55.4 Å². The lowest BCUT2D eigenvalue weighted by Crippen LogP contribution is -2.22. The first-order valence-electron chi connectivity index (χ1n) is 8.41. The van der Waals surface area contributed by atoms with Crippen LogP contribution in [-0.4, -0.2) is 25.4 Å². The number of thiazole rings is 1. The third kappa shape index (κ3) is 3.04. The molecule has 4 heterocycles. The summed E-state index contributed by atoms with van der Waals surface area (Å²) in [4.78, 5) is 33.1. The van der Waals surface area contributed by atoms with E-state index < -0.39 is 5.97 Å². The van der Waals surface area contributed by atoms with Crippen LogP contribution < -0.4 is 10.1 Å². The number of pyridine rings is 1. The number of benzene rings is 1. The maximum absolute atomic E-state index is 12.8. The highest BCUT2D eigenvalue weighted by atomic mass is 79.9. The Morgan fingerprint density at radius 1 is 1.21 bits per heavy atom. The molecule has 1 aromatic carbocycles. The third-order valence-corrected chi connectivity index (χ3v) is 5.77. The zero-order valence-electron chi connectivity index (χ0n) is 14.5. The van der Waals surface area contributed by atoms with Gasteiger partial charge in [0.25, 0.3) is 5.56 Å². The predicted octanol–water partition coefficient (Wildman–Crippen LogP) is 3.57. The van der Waals surface area contributed by atoms with Gasteiger partial charge in [0.05, 0.1) is 5.56 Å². The number of imidazole rings is 1. The Labute approximate surface area is 174 Å². The summed E-state index contributed by atoms with van der Waals surface area (Å²) in [7, 11) is 0. The van der Waals surface area contributed by atoms with Gasteiger partial charge in [0, 0.05) is 22.3 Å². The molecule has 0 aliphatic rings. The second-order valence-electron chi connectivity index (χ2n) is 6.23. The first kappa shape index (κ1) is 17.8. The maximum Gasteiger partial charge on any atom is 0.335 e. The molecule has 4 aromatic heterocycles. The van der Waals surface area contributed by atoms with Crippen molar-refractivity contribution in [2.45, 2.75) is 0 Å². The van der Waals surface area contributed by atoms with Gasteiger partial charge < -0.3 is 9.52 Å². The summed E-state index contributed by atoms with van der Waals surface area (Å²) in [6.45, 7) is 0. The van der Waals surface area contributed by atoms with E-state index in [1.807, 2.05) is 6.07 Å². The van der Waals surface area contributed by atoms with E-state index >= 15 is 0 Å². The van der Waals surface area contributed by atoms with E-state index in [-0.39, 0.29) is 11.1 Å². The van der Waals surface area contributed by atoms with Crippen LogP contribution >= 0.6 is 27.3 Å². The Hall–Kier alpha value is -3.30. The molecule has 5 aromatic rings. The molecular weight excluding hydrogens is 458 g/mol. The number of carboxylic acids is 1. The van der Waals surface area contributed by atoms with Crippen molar-refractivity contribution in [3.05, 3.63) is 79.3 Å². The lowest BCUT2D eigenvalue weighted by molar-refractivity contribution is 0.0697. The highest BCUT2D eigenvalue weighted by molar-refractivity contribution is 9.10. The number of halogens is 1. The Morgan fingerprint density at radius 3 is 2.76 bits per heavy atom. The fraction of sp³-hybridized carbons (Fsp3) is 0. The van der Waals surface area contributed by atoms with Gasteiger partial charge in [-0.2, -0.15) is 0 Å². The van der Waals surface area contributed by atoms with Crippen LogP contribution in [-0.2, 0) is 0 Å². The van der Waals surface area contributed by atoms with Gasteiger partial charge in [-0.05, 0) is 46.3 Å². The zero-order chi connectivity index (χ0) is 20.1. The van der Waals surface area contributed by atoms with E-state index in [4.69, 9.17) is 9.52 Å². The molecule has 0 fully saturated rings. The van der Waals surface area contributed by atoms with Crippen molar-refractivity contribution in [1.82, 2.24) is 14.4 Å². The minimum absolute atomic E-state index is 0.203. The van der Waals surface area contributed by atoms with Crippen LogP contribution in [0.3, 0.4) is 0 Å². The van der Waals surface area contributed by atoms with Gasteiger partial charge in [0.1, 0.15) is 21.6 Å². The molecule has 0 amide bonds. The van der Waals surface area contributed by atoms with Crippen molar-refractivity contribution < 1.29 is 14.3 Å². The van der Waals surface area contributed by atoms with Gasteiger partial charge in [-0.1, -0.05) is 23.5 Å². The van der Waals surface area contributed by atoms with Gasteiger partial charge in [0.15, 0.2) is 10.6 Å². The van der Waals surface area contributed by atoms with Gasteiger partial charge in [0.2, 0.25) is 0 Å². The molecule has 0 aliphatic heterocycles. The molecular formula is C20H10BrN3O4S. The molecule has 142 valence electrons. The minimum Gasteiger partial charge on any atom is -0.478 e.